The number of nitrogens with zero attached hydrogens (tertiary/aromatic N) is 1. The number of fused-ring (bicyclic) bond motifs is 1. The molecule has 6 nitrogen and oxygen atoms in total. The Morgan fingerprint density at radius 3 is 3.00 bits per heavy atom. The summed E-state index contributed by atoms with van der Waals surface area (Å²) >= 11 is 0. The standard InChI is InChI=1S/C17H22N2O4/c1-11-5-6-14(15(8-11)22-2)23-10-16(20)19-7-3-4-12-13(19)9-18-17(12)21/h5-6,8,12-13H,3-4,7,9-10H2,1-2H3,(H,18,21)/t12-,13-/m1/s1. The summed E-state index contributed by atoms with van der Waals surface area (Å²) in [6.07, 6.45) is 1.71. The number of carbonyl (C=O) groups is 2. The molecule has 2 atom stereocenters. The molecule has 2 aliphatic heterocycles. The zero-order chi connectivity index (χ0) is 16.4. The van der Waals surface area contributed by atoms with Gasteiger partial charge >= 0.3 is 0 Å². The fourth-order valence-corrected chi connectivity index (χ4v) is 3.38. The average Bonchev–Trinajstić information content (AvgIpc) is 2.94. The quantitative estimate of drug-likeness (QED) is 0.903. The van der Waals surface area contributed by atoms with Gasteiger partial charge in [-0.25, -0.2) is 0 Å². The van der Waals surface area contributed by atoms with Gasteiger partial charge in [0.2, 0.25) is 5.91 Å². The summed E-state index contributed by atoms with van der Waals surface area (Å²) < 4.78 is 10.9. The van der Waals surface area contributed by atoms with E-state index in [-0.39, 0.29) is 30.4 Å². The first-order chi connectivity index (χ1) is 11.1. The summed E-state index contributed by atoms with van der Waals surface area (Å²) in [4.78, 5) is 26.1. The molecule has 0 aromatic heterocycles. The molecule has 1 N–H and O–H groups in total. The van der Waals surface area contributed by atoms with Gasteiger partial charge in [-0.15, -0.1) is 0 Å². The number of nitrogens with one attached hydrogen (secondary N) is 1. The molecule has 0 bridgehead atoms. The lowest BCUT2D eigenvalue weighted by molar-refractivity contribution is -0.138. The van der Waals surface area contributed by atoms with Crippen LogP contribution in [0.5, 0.6) is 11.5 Å². The molecular formula is C17H22N2O4. The van der Waals surface area contributed by atoms with Crippen molar-refractivity contribution in [2.45, 2.75) is 25.8 Å². The number of piperidine rings is 1. The second-order valence-corrected chi connectivity index (χ2v) is 6.09. The lowest BCUT2D eigenvalue weighted by Crippen LogP contribution is -2.50. The van der Waals surface area contributed by atoms with Gasteiger partial charge < -0.3 is 19.7 Å². The van der Waals surface area contributed by atoms with E-state index in [0.717, 1.165) is 18.4 Å². The number of hydrogen-bond acceptors (Lipinski definition) is 4. The van der Waals surface area contributed by atoms with Gasteiger partial charge in [-0.2, -0.15) is 0 Å². The van der Waals surface area contributed by atoms with Crippen LogP contribution in [0.3, 0.4) is 0 Å². The van der Waals surface area contributed by atoms with E-state index < -0.39 is 0 Å². The Morgan fingerprint density at radius 1 is 1.39 bits per heavy atom. The Morgan fingerprint density at radius 2 is 2.22 bits per heavy atom. The number of rotatable bonds is 4. The van der Waals surface area contributed by atoms with Crippen molar-refractivity contribution in [2.75, 3.05) is 26.8 Å². The minimum absolute atomic E-state index is 0.0349. The van der Waals surface area contributed by atoms with Gasteiger partial charge in [0.1, 0.15) is 0 Å². The molecule has 2 amide bonds. The molecule has 124 valence electrons. The maximum atomic E-state index is 12.5. The molecule has 2 aliphatic rings. The van der Waals surface area contributed by atoms with Crippen LogP contribution in [-0.2, 0) is 9.59 Å². The number of likely N-dealkylation sites (tertiary alicyclic amines) is 1. The average molecular weight is 318 g/mol. The molecule has 6 heteroatoms. The maximum absolute atomic E-state index is 12.5. The predicted octanol–water partition coefficient (Wildman–Crippen LogP) is 1.12. The summed E-state index contributed by atoms with van der Waals surface area (Å²) in [7, 11) is 1.58. The number of benzene rings is 1. The van der Waals surface area contributed by atoms with Crippen LogP contribution in [0.2, 0.25) is 0 Å². The predicted molar refractivity (Wildman–Crippen MR) is 84.5 cm³/mol. The van der Waals surface area contributed by atoms with Gasteiger partial charge in [-0.05, 0) is 37.5 Å². The summed E-state index contributed by atoms with van der Waals surface area (Å²) in [5.74, 6) is 1.08. The molecular weight excluding hydrogens is 296 g/mol. The number of methoxy groups -OCH3 is 1. The topological polar surface area (TPSA) is 67.9 Å². The first-order valence-corrected chi connectivity index (χ1v) is 7.95. The number of amides is 2. The normalized spacial score (nSPS) is 23.2. The molecule has 0 aliphatic carbocycles. The van der Waals surface area contributed by atoms with Crippen molar-refractivity contribution in [3.8, 4) is 11.5 Å². The van der Waals surface area contributed by atoms with Gasteiger partial charge in [0, 0.05) is 13.1 Å². The van der Waals surface area contributed by atoms with Crippen molar-refractivity contribution in [3.63, 3.8) is 0 Å². The van der Waals surface area contributed by atoms with Gasteiger partial charge in [0.25, 0.3) is 5.91 Å². The lowest BCUT2D eigenvalue weighted by Gasteiger charge is -2.35. The van der Waals surface area contributed by atoms with Crippen LogP contribution in [0.25, 0.3) is 0 Å². The highest BCUT2D eigenvalue weighted by Gasteiger charge is 2.42. The lowest BCUT2D eigenvalue weighted by atomic mass is 9.91. The van der Waals surface area contributed by atoms with Crippen LogP contribution >= 0.6 is 0 Å². The monoisotopic (exact) mass is 318 g/mol. The van der Waals surface area contributed by atoms with E-state index in [9.17, 15) is 9.59 Å². The van der Waals surface area contributed by atoms with Crippen molar-refractivity contribution < 1.29 is 19.1 Å². The van der Waals surface area contributed by atoms with Crippen LogP contribution in [-0.4, -0.2) is 49.6 Å². The third kappa shape index (κ3) is 3.11. The first-order valence-electron chi connectivity index (χ1n) is 7.95. The Bertz CT molecular complexity index is 617. The van der Waals surface area contributed by atoms with E-state index in [1.807, 2.05) is 19.1 Å². The summed E-state index contributed by atoms with van der Waals surface area (Å²) in [6.45, 7) is 3.15. The van der Waals surface area contributed by atoms with Gasteiger partial charge in [-0.3, -0.25) is 9.59 Å². The van der Waals surface area contributed by atoms with Crippen molar-refractivity contribution in [1.82, 2.24) is 10.2 Å². The molecule has 2 fully saturated rings. The van der Waals surface area contributed by atoms with Crippen LogP contribution in [0, 0.1) is 12.8 Å². The van der Waals surface area contributed by atoms with E-state index in [1.54, 1.807) is 18.1 Å². The molecule has 0 unspecified atom stereocenters. The second-order valence-electron chi connectivity index (χ2n) is 6.09. The molecule has 3 rings (SSSR count). The molecule has 23 heavy (non-hydrogen) atoms. The molecule has 0 spiro atoms. The summed E-state index contributed by atoms with van der Waals surface area (Å²) in [5.41, 5.74) is 1.06. The van der Waals surface area contributed by atoms with Crippen LogP contribution in [0.15, 0.2) is 18.2 Å². The maximum Gasteiger partial charge on any atom is 0.260 e. The highest BCUT2D eigenvalue weighted by Crippen LogP contribution is 2.29. The molecule has 2 heterocycles. The van der Waals surface area contributed by atoms with Gasteiger partial charge in [-0.1, -0.05) is 6.07 Å². The Kier molecular flexibility index (Phi) is 4.41. The van der Waals surface area contributed by atoms with Crippen molar-refractivity contribution in [3.05, 3.63) is 23.8 Å². The Balaban J connectivity index is 1.64. The fourth-order valence-electron chi connectivity index (χ4n) is 3.38. The van der Waals surface area contributed by atoms with Gasteiger partial charge in [0.15, 0.2) is 18.1 Å². The van der Waals surface area contributed by atoms with E-state index in [2.05, 4.69) is 5.32 Å². The highest BCUT2D eigenvalue weighted by atomic mass is 16.5. The molecule has 0 saturated carbocycles. The largest absolute Gasteiger partial charge is 0.493 e. The highest BCUT2D eigenvalue weighted by molar-refractivity contribution is 5.85. The zero-order valence-electron chi connectivity index (χ0n) is 13.5. The van der Waals surface area contributed by atoms with Gasteiger partial charge in [0.05, 0.1) is 19.1 Å². The van der Waals surface area contributed by atoms with E-state index >= 15 is 0 Å². The first kappa shape index (κ1) is 15.6. The summed E-state index contributed by atoms with van der Waals surface area (Å²) in [6, 6.07) is 5.56. The van der Waals surface area contributed by atoms with Crippen LogP contribution < -0.4 is 14.8 Å². The second kappa shape index (κ2) is 6.48. The number of hydrogen-bond donors (Lipinski definition) is 1. The number of aryl methyl sites for hydroxylation is 1. The Hall–Kier alpha value is -2.24. The minimum Gasteiger partial charge on any atom is -0.493 e. The van der Waals surface area contributed by atoms with E-state index in [4.69, 9.17) is 9.47 Å². The molecule has 1 aromatic carbocycles. The zero-order valence-corrected chi connectivity index (χ0v) is 13.5. The SMILES string of the molecule is COc1cc(C)ccc1OCC(=O)N1CCC[C@H]2C(=O)NC[C@H]21. The third-order valence-electron chi connectivity index (χ3n) is 4.59. The Labute approximate surface area is 135 Å². The molecule has 2 saturated heterocycles. The smallest absolute Gasteiger partial charge is 0.260 e. The molecule has 0 radical (unpaired) electrons. The van der Waals surface area contributed by atoms with Crippen molar-refractivity contribution in [1.29, 1.82) is 0 Å². The van der Waals surface area contributed by atoms with Crippen molar-refractivity contribution in [2.24, 2.45) is 5.92 Å². The third-order valence-corrected chi connectivity index (χ3v) is 4.59. The minimum atomic E-state index is -0.0844. The van der Waals surface area contributed by atoms with E-state index in [0.29, 0.717) is 24.6 Å². The fraction of sp³-hybridized carbons (Fsp3) is 0.529. The number of ether oxygens (including phenoxy) is 2. The summed E-state index contributed by atoms with van der Waals surface area (Å²) in [5, 5.41) is 2.85. The van der Waals surface area contributed by atoms with Crippen molar-refractivity contribution >= 4 is 11.8 Å². The van der Waals surface area contributed by atoms with Crippen LogP contribution in [0.1, 0.15) is 18.4 Å². The molecule has 1 aromatic rings. The number of carbonyl (C=O) groups excluding carboxylic acids is 2. The van der Waals surface area contributed by atoms with E-state index in [1.165, 1.54) is 0 Å². The van der Waals surface area contributed by atoms with Crippen LogP contribution in [0.4, 0.5) is 0 Å².